The van der Waals surface area contributed by atoms with Gasteiger partial charge in [0.1, 0.15) is 0 Å². The summed E-state index contributed by atoms with van der Waals surface area (Å²) in [5.74, 6) is 1.33. The largest absolute Gasteiger partial charge is 0.461 e. The fourth-order valence-electron chi connectivity index (χ4n) is 3.34. The SMILES string of the molecule is O=C(CCCSc1nnc(-c2ccco2)n1-c1cccc(C(F)(F)F)c1)N1CCOCC1. The summed E-state index contributed by atoms with van der Waals surface area (Å²) >= 11 is 1.33. The number of hydrogen-bond donors (Lipinski definition) is 0. The van der Waals surface area contributed by atoms with Crippen LogP contribution in [0.3, 0.4) is 0 Å². The van der Waals surface area contributed by atoms with E-state index in [1.54, 1.807) is 27.7 Å². The number of thioether (sulfide) groups is 1. The minimum Gasteiger partial charge on any atom is -0.461 e. The fourth-order valence-corrected chi connectivity index (χ4v) is 4.23. The highest BCUT2D eigenvalue weighted by Crippen LogP contribution is 2.33. The van der Waals surface area contributed by atoms with E-state index < -0.39 is 11.7 Å². The van der Waals surface area contributed by atoms with Gasteiger partial charge >= 0.3 is 6.18 Å². The monoisotopic (exact) mass is 466 g/mol. The van der Waals surface area contributed by atoms with E-state index in [0.29, 0.717) is 61.6 Å². The molecule has 170 valence electrons. The van der Waals surface area contributed by atoms with Crippen LogP contribution in [0.2, 0.25) is 0 Å². The predicted octanol–water partition coefficient (Wildman–Crippen LogP) is 4.28. The third kappa shape index (κ3) is 5.16. The summed E-state index contributed by atoms with van der Waals surface area (Å²) in [4.78, 5) is 14.1. The van der Waals surface area contributed by atoms with E-state index in [2.05, 4.69) is 10.2 Å². The highest BCUT2D eigenvalue weighted by molar-refractivity contribution is 7.99. The molecule has 0 radical (unpaired) electrons. The average Bonchev–Trinajstić information content (AvgIpc) is 3.46. The second-order valence-corrected chi connectivity index (χ2v) is 8.17. The second-order valence-electron chi connectivity index (χ2n) is 7.11. The summed E-state index contributed by atoms with van der Waals surface area (Å²) in [7, 11) is 0. The summed E-state index contributed by atoms with van der Waals surface area (Å²) in [6, 6.07) is 8.33. The molecular formula is C21H21F3N4O3S. The molecule has 1 saturated heterocycles. The van der Waals surface area contributed by atoms with Crippen molar-refractivity contribution in [3.8, 4) is 17.3 Å². The first kappa shape index (κ1) is 22.4. The number of aromatic nitrogens is 3. The zero-order valence-corrected chi connectivity index (χ0v) is 17.9. The fraction of sp³-hybridized carbons (Fsp3) is 0.381. The molecule has 0 N–H and O–H groups in total. The van der Waals surface area contributed by atoms with Crippen LogP contribution in [0.1, 0.15) is 18.4 Å². The van der Waals surface area contributed by atoms with E-state index >= 15 is 0 Å². The van der Waals surface area contributed by atoms with Gasteiger partial charge in [0, 0.05) is 25.3 Å². The number of alkyl halides is 3. The Labute approximate surface area is 186 Å². The van der Waals surface area contributed by atoms with Crippen molar-refractivity contribution in [3.05, 3.63) is 48.2 Å². The lowest BCUT2D eigenvalue weighted by atomic mass is 10.2. The number of carbonyl (C=O) groups is 1. The lowest BCUT2D eigenvalue weighted by Crippen LogP contribution is -2.40. The maximum atomic E-state index is 13.3. The number of carbonyl (C=O) groups excluding carboxylic acids is 1. The summed E-state index contributed by atoms with van der Waals surface area (Å²) < 4.78 is 52.0. The van der Waals surface area contributed by atoms with Gasteiger partial charge in [-0.25, -0.2) is 0 Å². The van der Waals surface area contributed by atoms with Gasteiger partial charge in [0.05, 0.1) is 30.7 Å². The third-order valence-electron chi connectivity index (χ3n) is 4.94. The first-order valence-corrected chi connectivity index (χ1v) is 11.1. The molecule has 1 aliphatic heterocycles. The van der Waals surface area contributed by atoms with Gasteiger partial charge in [-0.1, -0.05) is 17.8 Å². The Hall–Kier alpha value is -2.79. The Kier molecular flexibility index (Phi) is 6.85. The molecule has 4 rings (SSSR count). The summed E-state index contributed by atoms with van der Waals surface area (Å²) in [6.07, 6.45) is -2.02. The first-order valence-electron chi connectivity index (χ1n) is 10.1. The number of benzene rings is 1. The minimum absolute atomic E-state index is 0.0736. The maximum Gasteiger partial charge on any atom is 0.416 e. The Morgan fingerprint density at radius 2 is 1.94 bits per heavy atom. The van der Waals surface area contributed by atoms with Crippen molar-refractivity contribution in [1.82, 2.24) is 19.7 Å². The Morgan fingerprint density at radius 3 is 2.66 bits per heavy atom. The molecule has 32 heavy (non-hydrogen) atoms. The van der Waals surface area contributed by atoms with E-state index in [4.69, 9.17) is 9.15 Å². The van der Waals surface area contributed by atoms with Crippen LogP contribution < -0.4 is 0 Å². The van der Waals surface area contributed by atoms with Gasteiger partial charge in [0.25, 0.3) is 0 Å². The Morgan fingerprint density at radius 1 is 1.12 bits per heavy atom. The standard InChI is InChI=1S/C21H21F3N4O3S/c22-21(23,24)15-4-1-5-16(14-15)28-19(17-6-2-10-31-17)25-26-20(28)32-13-3-7-18(29)27-8-11-30-12-9-27/h1-2,4-6,10,14H,3,7-9,11-13H2. The van der Waals surface area contributed by atoms with Crippen LogP contribution in [0, 0.1) is 0 Å². The molecular weight excluding hydrogens is 445 g/mol. The van der Waals surface area contributed by atoms with Crippen molar-refractivity contribution in [2.24, 2.45) is 0 Å². The molecule has 0 spiro atoms. The van der Waals surface area contributed by atoms with E-state index in [9.17, 15) is 18.0 Å². The molecule has 1 aliphatic rings. The van der Waals surface area contributed by atoms with Gasteiger partial charge in [-0.15, -0.1) is 10.2 Å². The van der Waals surface area contributed by atoms with Gasteiger partial charge in [0.2, 0.25) is 11.7 Å². The van der Waals surface area contributed by atoms with Crippen LogP contribution in [-0.4, -0.2) is 57.6 Å². The molecule has 0 unspecified atom stereocenters. The van der Waals surface area contributed by atoms with Crippen molar-refractivity contribution < 1.29 is 27.1 Å². The van der Waals surface area contributed by atoms with Gasteiger partial charge in [-0.05, 0) is 36.8 Å². The number of nitrogens with zero attached hydrogens (tertiary/aromatic N) is 4. The van der Waals surface area contributed by atoms with Crippen LogP contribution in [0.15, 0.2) is 52.2 Å². The quantitative estimate of drug-likeness (QED) is 0.382. The molecule has 3 aromatic rings. The number of halogens is 3. The lowest BCUT2D eigenvalue weighted by Gasteiger charge is -2.26. The molecule has 2 aromatic heterocycles. The summed E-state index contributed by atoms with van der Waals surface area (Å²) in [5.41, 5.74) is -0.482. The van der Waals surface area contributed by atoms with Crippen molar-refractivity contribution in [1.29, 1.82) is 0 Å². The molecule has 0 atom stereocenters. The number of rotatable bonds is 7. The normalized spacial score (nSPS) is 14.7. The minimum atomic E-state index is -4.47. The number of furan rings is 1. The van der Waals surface area contributed by atoms with Crippen LogP contribution >= 0.6 is 11.8 Å². The number of ether oxygens (including phenoxy) is 1. The lowest BCUT2D eigenvalue weighted by molar-refractivity contribution is -0.137. The van der Waals surface area contributed by atoms with E-state index in [0.717, 1.165) is 12.1 Å². The Bertz CT molecular complexity index is 1050. The average molecular weight is 466 g/mol. The van der Waals surface area contributed by atoms with Crippen molar-refractivity contribution >= 4 is 17.7 Å². The molecule has 0 aliphatic carbocycles. The molecule has 1 amide bonds. The predicted molar refractivity (Wildman–Crippen MR) is 111 cm³/mol. The second kappa shape index (κ2) is 9.78. The third-order valence-corrected chi connectivity index (χ3v) is 5.95. The van der Waals surface area contributed by atoms with Crippen molar-refractivity contribution in [2.75, 3.05) is 32.1 Å². The van der Waals surface area contributed by atoms with Crippen molar-refractivity contribution in [3.63, 3.8) is 0 Å². The number of morpholine rings is 1. The van der Waals surface area contributed by atoms with Crippen LogP contribution in [0.5, 0.6) is 0 Å². The molecule has 7 nitrogen and oxygen atoms in total. The van der Waals surface area contributed by atoms with Gasteiger partial charge in [-0.3, -0.25) is 9.36 Å². The zero-order valence-electron chi connectivity index (χ0n) is 17.0. The smallest absolute Gasteiger partial charge is 0.416 e. The maximum absolute atomic E-state index is 13.3. The topological polar surface area (TPSA) is 73.4 Å². The summed E-state index contributed by atoms with van der Waals surface area (Å²) in [5, 5.41) is 8.74. The van der Waals surface area contributed by atoms with Crippen LogP contribution in [-0.2, 0) is 15.7 Å². The van der Waals surface area contributed by atoms with E-state index in [-0.39, 0.29) is 11.6 Å². The van der Waals surface area contributed by atoms with Gasteiger partial charge in [0.15, 0.2) is 10.9 Å². The summed E-state index contributed by atoms with van der Waals surface area (Å²) in [6.45, 7) is 2.30. The zero-order chi connectivity index (χ0) is 22.6. The molecule has 0 bridgehead atoms. The molecule has 11 heteroatoms. The Balaban J connectivity index is 1.51. The van der Waals surface area contributed by atoms with Crippen LogP contribution in [0.25, 0.3) is 17.3 Å². The van der Waals surface area contributed by atoms with E-state index in [1.807, 2.05) is 0 Å². The van der Waals surface area contributed by atoms with Crippen molar-refractivity contribution in [2.45, 2.75) is 24.2 Å². The number of amides is 1. The molecule has 3 heterocycles. The highest BCUT2D eigenvalue weighted by atomic mass is 32.2. The highest BCUT2D eigenvalue weighted by Gasteiger charge is 2.31. The van der Waals surface area contributed by atoms with E-state index in [1.165, 1.54) is 24.1 Å². The number of hydrogen-bond acceptors (Lipinski definition) is 6. The first-order chi connectivity index (χ1) is 15.4. The molecule has 1 fully saturated rings. The van der Waals surface area contributed by atoms with Gasteiger partial charge in [-0.2, -0.15) is 13.2 Å². The molecule has 1 aromatic carbocycles. The van der Waals surface area contributed by atoms with Crippen LogP contribution in [0.4, 0.5) is 13.2 Å². The van der Waals surface area contributed by atoms with Gasteiger partial charge < -0.3 is 14.1 Å². The molecule has 0 saturated carbocycles.